The van der Waals surface area contributed by atoms with Gasteiger partial charge in [0.25, 0.3) is 0 Å². The number of benzene rings is 1. The van der Waals surface area contributed by atoms with E-state index >= 15 is 0 Å². The molecule has 1 spiro atoms. The van der Waals surface area contributed by atoms with E-state index in [1.165, 1.54) is 6.20 Å². The number of carbonyl (C=O) groups is 1. The fourth-order valence-electron chi connectivity index (χ4n) is 5.79. The van der Waals surface area contributed by atoms with E-state index in [0.717, 1.165) is 48.0 Å². The van der Waals surface area contributed by atoms with Gasteiger partial charge in [-0.1, -0.05) is 12.1 Å². The molecule has 3 aliphatic rings. The highest BCUT2D eigenvalue weighted by atomic mass is 19.4. The summed E-state index contributed by atoms with van der Waals surface area (Å²) in [6.07, 6.45) is 1.26. The van der Waals surface area contributed by atoms with E-state index in [4.69, 9.17) is 0 Å². The summed E-state index contributed by atoms with van der Waals surface area (Å²) in [7, 11) is 0. The Bertz CT molecular complexity index is 975. The first-order valence-electron chi connectivity index (χ1n) is 10.5. The third-order valence-corrected chi connectivity index (χ3v) is 7.09. The predicted octanol–water partition coefficient (Wildman–Crippen LogP) is 3.54. The van der Waals surface area contributed by atoms with E-state index in [2.05, 4.69) is 5.10 Å². The summed E-state index contributed by atoms with van der Waals surface area (Å²) >= 11 is 0. The molecule has 0 atom stereocenters. The molecule has 0 bridgehead atoms. The number of alkyl halides is 3. The van der Waals surface area contributed by atoms with E-state index in [9.17, 15) is 23.1 Å². The van der Waals surface area contributed by atoms with Gasteiger partial charge in [0, 0.05) is 29.8 Å². The van der Waals surface area contributed by atoms with Crippen LogP contribution in [0.5, 0.6) is 0 Å². The first kappa shape index (κ1) is 19.8. The Morgan fingerprint density at radius 3 is 2.57 bits per heavy atom. The number of amides is 1. The first-order chi connectivity index (χ1) is 14.0. The maximum Gasteiger partial charge on any atom is 0.408 e. The molecule has 1 saturated heterocycles. The molecule has 5 nitrogen and oxygen atoms in total. The minimum absolute atomic E-state index is 0.0264. The van der Waals surface area contributed by atoms with E-state index < -0.39 is 18.3 Å². The van der Waals surface area contributed by atoms with Gasteiger partial charge in [0.1, 0.15) is 6.54 Å². The fourth-order valence-corrected chi connectivity index (χ4v) is 5.79. The van der Waals surface area contributed by atoms with Crippen LogP contribution in [-0.4, -0.2) is 50.6 Å². The van der Waals surface area contributed by atoms with Gasteiger partial charge in [-0.2, -0.15) is 18.3 Å². The molecular weight excluding hydrogens is 395 g/mol. The van der Waals surface area contributed by atoms with Gasteiger partial charge in [-0.05, 0) is 56.6 Å². The molecule has 3 fully saturated rings. The van der Waals surface area contributed by atoms with E-state index in [1.54, 1.807) is 6.92 Å². The zero-order valence-electron chi connectivity index (χ0n) is 17.0. The molecule has 1 aromatic heterocycles. The molecule has 0 unspecified atom stereocenters. The summed E-state index contributed by atoms with van der Waals surface area (Å²) in [6, 6.07) is 5.65. The van der Waals surface area contributed by atoms with Crippen molar-refractivity contribution in [3.63, 3.8) is 0 Å². The summed E-state index contributed by atoms with van der Waals surface area (Å²) in [4.78, 5) is 14.4. The third kappa shape index (κ3) is 3.59. The van der Waals surface area contributed by atoms with Crippen LogP contribution in [-0.2, 0) is 17.8 Å². The van der Waals surface area contributed by atoms with Crippen molar-refractivity contribution in [2.75, 3.05) is 13.1 Å². The lowest BCUT2D eigenvalue weighted by molar-refractivity contribution is -0.171. The van der Waals surface area contributed by atoms with Crippen LogP contribution in [0, 0.1) is 17.3 Å². The van der Waals surface area contributed by atoms with E-state index in [-0.39, 0.29) is 17.2 Å². The average Bonchev–Trinajstić information content (AvgIpc) is 2.93. The van der Waals surface area contributed by atoms with Crippen molar-refractivity contribution in [1.82, 2.24) is 14.7 Å². The van der Waals surface area contributed by atoms with Crippen LogP contribution in [0.3, 0.4) is 0 Å². The second-order valence-electron chi connectivity index (χ2n) is 10.1. The lowest BCUT2D eigenvalue weighted by atomic mass is 9.56. The molecule has 2 aromatic rings. The molecule has 162 valence electrons. The molecule has 1 amide bonds. The molecule has 1 N–H and O–H groups in total. The lowest BCUT2D eigenvalue weighted by Gasteiger charge is -2.60. The summed E-state index contributed by atoms with van der Waals surface area (Å²) in [5, 5.41) is 14.4. The van der Waals surface area contributed by atoms with Crippen LogP contribution in [0.25, 0.3) is 10.9 Å². The highest BCUT2D eigenvalue weighted by molar-refractivity contribution is 5.81. The van der Waals surface area contributed by atoms with Gasteiger partial charge >= 0.3 is 6.18 Å². The Morgan fingerprint density at radius 2 is 1.93 bits per heavy atom. The molecule has 2 saturated carbocycles. The van der Waals surface area contributed by atoms with E-state index in [1.807, 2.05) is 23.1 Å². The predicted molar refractivity (Wildman–Crippen MR) is 105 cm³/mol. The van der Waals surface area contributed by atoms with Crippen LogP contribution in [0.1, 0.15) is 38.2 Å². The average molecular weight is 421 g/mol. The van der Waals surface area contributed by atoms with Gasteiger partial charge in [-0.25, -0.2) is 0 Å². The molecule has 1 aliphatic heterocycles. The number of fused-ring (bicyclic) bond motifs is 1. The van der Waals surface area contributed by atoms with Gasteiger partial charge in [0.05, 0.1) is 17.3 Å². The van der Waals surface area contributed by atoms with Crippen molar-refractivity contribution >= 4 is 16.8 Å². The number of hydrogen-bond donors (Lipinski definition) is 1. The molecule has 0 radical (unpaired) electrons. The molecule has 5 rings (SSSR count). The van der Waals surface area contributed by atoms with Gasteiger partial charge in [-0.15, -0.1) is 0 Å². The third-order valence-electron chi connectivity index (χ3n) is 7.09. The Hall–Kier alpha value is -2.09. The standard InChI is InChI=1S/C22H26F3N3O2/c1-20(30)8-17(9-20)19(29)27-11-21(12-27)6-15(7-21)4-14-2-3-16-10-26-28(18(16)5-14)13-22(23,24)25/h2-3,5,10,15,17,30H,4,6-9,11-13H2,1H3. The SMILES string of the molecule is CC1(O)CC(C(=O)N2CC3(CC(Cc4ccc5cnn(CC(F)(F)F)c5c4)C3)C2)C1. The minimum atomic E-state index is -4.29. The highest BCUT2D eigenvalue weighted by Crippen LogP contribution is 2.54. The molecule has 1 aromatic carbocycles. The second-order valence-corrected chi connectivity index (χ2v) is 10.1. The Kier molecular flexibility index (Phi) is 4.27. The fraction of sp³-hybridized carbons (Fsp3) is 0.636. The van der Waals surface area contributed by atoms with Crippen molar-refractivity contribution < 1.29 is 23.1 Å². The largest absolute Gasteiger partial charge is 0.408 e. The topological polar surface area (TPSA) is 58.4 Å². The normalized spacial score (nSPS) is 28.3. The number of nitrogens with zero attached hydrogens (tertiary/aromatic N) is 3. The maximum atomic E-state index is 12.8. The maximum absolute atomic E-state index is 12.8. The first-order valence-corrected chi connectivity index (χ1v) is 10.5. The molecule has 2 heterocycles. The van der Waals surface area contributed by atoms with Crippen molar-refractivity contribution in [2.24, 2.45) is 17.3 Å². The van der Waals surface area contributed by atoms with Crippen LogP contribution in [0.4, 0.5) is 13.2 Å². The van der Waals surface area contributed by atoms with Crippen LogP contribution in [0.2, 0.25) is 0 Å². The number of aromatic nitrogens is 2. The number of hydrogen-bond acceptors (Lipinski definition) is 3. The van der Waals surface area contributed by atoms with Gasteiger partial charge in [-0.3, -0.25) is 9.48 Å². The summed E-state index contributed by atoms with van der Waals surface area (Å²) in [5.41, 5.74) is 1.11. The summed E-state index contributed by atoms with van der Waals surface area (Å²) in [6.45, 7) is 2.31. The summed E-state index contributed by atoms with van der Waals surface area (Å²) < 4.78 is 39.3. The number of halogens is 3. The smallest absolute Gasteiger partial charge is 0.390 e. The minimum Gasteiger partial charge on any atom is -0.390 e. The molecule has 2 aliphatic carbocycles. The van der Waals surface area contributed by atoms with Crippen molar-refractivity contribution in [1.29, 1.82) is 0 Å². The Morgan fingerprint density at radius 1 is 1.23 bits per heavy atom. The number of likely N-dealkylation sites (tertiary alicyclic amines) is 1. The van der Waals surface area contributed by atoms with Gasteiger partial charge < -0.3 is 10.0 Å². The van der Waals surface area contributed by atoms with Crippen LogP contribution in [0.15, 0.2) is 24.4 Å². The van der Waals surface area contributed by atoms with Crippen molar-refractivity contribution in [3.8, 4) is 0 Å². The lowest BCUT2D eigenvalue weighted by Crippen LogP contribution is -2.66. The van der Waals surface area contributed by atoms with Crippen molar-refractivity contribution in [2.45, 2.75) is 57.3 Å². The van der Waals surface area contributed by atoms with Crippen LogP contribution >= 0.6 is 0 Å². The quantitative estimate of drug-likeness (QED) is 0.822. The number of rotatable bonds is 4. The van der Waals surface area contributed by atoms with Crippen LogP contribution < -0.4 is 0 Å². The number of aliphatic hydroxyl groups is 1. The Balaban J connectivity index is 1.15. The second kappa shape index (κ2) is 6.45. The molecule has 8 heteroatoms. The monoisotopic (exact) mass is 421 g/mol. The summed E-state index contributed by atoms with van der Waals surface area (Å²) in [5.74, 6) is 0.656. The van der Waals surface area contributed by atoms with E-state index in [0.29, 0.717) is 24.3 Å². The zero-order chi connectivity index (χ0) is 21.3. The van der Waals surface area contributed by atoms with Gasteiger partial charge in [0.2, 0.25) is 5.91 Å². The zero-order valence-corrected chi connectivity index (χ0v) is 17.0. The molecular formula is C22H26F3N3O2. The van der Waals surface area contributed by atoms with Gasteiger partial charge in [0.15, 0.2) is 0 Å². The molecule has 30 heavy (non-hydrogen) atoms. The van der Waals surface area contributed by atoms with Crippen molar-refractivity contribution in [3.05, 3.63) is 30.0 Å². The number of carbonyl (C=O) groups excluding carboxylic acids is 1. The highest BCUT2D eigenvalue weighted by Gasteiger charge is 2.55. The Labute approximate surface area is 172 Å².